The molecule has 0 atom stereocenters. The second kappa shape index (κ2) is 17.7. The zero-order chi connectivity index (χ0) is 2.00. The first-order valence-corrected chi connectivity index (χ1v) is 9.00. The van der Waals surface area contributed by atoms with Crippen LogP contribution in [0.15, 0.2) is 0 Å². The summed E-state index contributed by atoms with van der Waals surface area (Å²) < 4.78 is 0. The molecule has 0 rings (SSSR count). The van der Waals surface area contributed by atoms with Crippen molar-refractivity contribution in [2.24, 2.45) is 0 Å². The Morgan fingerprint density at radius 3 is 1.25 bits per heavy atom. The van der Waals surface area contributed by atoms with Crippen LogP contribution < -0.4 is 0 Å². The van der Waals surface area contributed by atoms with E-state index in [1.54, 1.807) is 0 Å². The Morgan fingerprint density at radius 1 is 1.25 bits per heavy atom. The Bertz CT molecular complexity index is 8.00. The normalized spacial score (nSPS) is 2.25. The van der Waals surface area contributed by atoms with Gasteiger partial charge >= 0.3 is 75.5 Å². The molecule has 0 nitrogen and oxygen atoms in total. The van der Waals surface area contributed by atoms with E-state index in [1.165, 1.54) is 7.79 Å². The van der Waals surface area contributed by atoms with E-state index < -0.39 is 0 Å². The molecule has 0 spiro atoms. The molecule has 0 fully saturated rings. The van der Waals surface area contributed by atoms with Crippen molar-refractivity contribution in [3.05, 3.63) is 0 Å². The van der Waals surface area contributed by atoms with Gasteiger partial charge in [0, 0.05) is 0 Å². The summed E-state index contributed by atoms with van der Waals surface area (Å²) >= 11 is 1.89. The summed E-state index contributed by atoms with van der Waals surface area (Å²) in [5.41, 5.74) is 0. The minimum absolute atomic E-state index is 0. The predicted molar refractivity (Wildman–Crippen MR) is 32.8 cm³/mol. The summed E-state index contributed by atoms with van der Waals surface area (Å²) in [7, 11) is 1.36. The van der Waals surface area contributed by atoms with Gasteiger partial charge in [-0.3, -0.25) is 0 Å². The average molecular weight is 377 g/mol. The van der Waals surface area contributed by atoms with E-state index in [-0.39, 0.29) is 46.2 Å². The van der Waals surface area contributed by atoms with Gasteiger partial charge in [-0.2, -0.15) is 0 Å². The van der Waals surface area contributed by atoms with E-state index in [2.05, 4.69) is 0 Å². The van der Waals surface area contributed by atoms with Crippen molar-refractivity contribution in [1.29, 1.82) is 0 Å². The number of rotatable bonds is 0. The summed E-state index contributed by atoms with van der Waals surface area (Å²) in [6, 6.07) is 0. The first kappa shape index (κ1) is 16.0. The SMILES string of the molecule is [LiH].[PbH2].[SiH3][TeH]. The van der Waals surface area contributed by atoms with Crippen LogP contribution in [0.4, 0.5) is 0 Å². The van der Waals surface area contributed by atoms with Crippen molar-refractivity contribution >= 4 is 75.5 Å². The standard InChI is InChI=1S/Li.Pb.H4SiTe.3H/c;;1-2;;;/h;;2H,1H3;;;. The number of hydrogen-bond donors (Lipinski definition) is 0. The van der Waals surface area contributed by atoms with Gasteiger partial charge < -0.3 is 0 Å². The Hall–Kier alpha value is 2.53. The molecule has 0 aliphatic carbocycles. The summed E-state index contributed by atoms with van der Waals surface area (Å²) in [6.45, 7) is 0. The van der Waals surface area contributed by atoms with Crippen LogP contribution in [-0.4, -0.2) is 75.5 Å². The summed E-state index contributed by atoms with van der Waals surface area (Å²) in [6.07, 6.45) is 0. The van der Waals surface area contributed by atoms with Gasteiger partial charge in [0.25, 0.3) is 0 Å². The summed E-state index contributed by atoms with van der Waals surface area (Å²) in [4.78, 5) is 0. The van der Waals surface area contributed by atoms with Crippen LogP contribution in [0.5, 0.6) is 0 Å². The first-order valence-electron chi connectivity index (χ1n) is 0.447. The van der Waals surface area contributed by atoms with E-state index in [4.69, 9.17) is 0 Å². The molecule has 0 saturated heterocycles. The van der Waals surface area contributed by atoms with E-state index >= 15 is 0 Å². The fraction of sp³-hybridized carbons (Fsp3) is 0. The third kappa shape index (κ3) is 8.82. The Morgan fingerprint density at radius 2 is 1.25 bits per heavy atom. The van der Waals surface area contributed by atoms with Crippen molar-refractivity contribution in [3.63, 3.8) is 0 Å². The first-order chi connectivity index (χ1) is 1.00. The minimum atomic E-state index is 0. The average Bonchev–Trinajstić information content (AvgIpc) is 1.00. The van der Waals surface area contributed by atoms with Crippen LogP contribution >= 0.6 is 0 Å². The molecular weight excluding hydrogens is 370 g/mol. The molecule has 0 aliphatic heterocycles. The molecule has 22 valence electrons. The second-order valence-electron chi connectivity index (χ2n) is 0. The van der Waals surface area contributed by atoms with Crippen molar-refractivity contribution < 1.29 is 0 Å². The van der Waals surface area contributed by atoms with E-state index in [0.717, 1.165) is 0 Å². The zero-order valence-electron chi connectivity index (χ0n) is 2.15. The third-order valence-electron chi connectivity index (χ3n) is 0. The second-order valence-corrected chi connectivity index (χ2v) is 0. The topological polar surface area (TPSA) is 0 Å². The Balaban J connectivity index is -0.00000000500. The van der Waals surface area contributed by atoms with Gasteiger partial charge in [-0.15, -0.1) is 0 Å². The van der Waals surface area contributed by atoms with Crippen molar-refractivity contribution in [1.82, 2.24) is 0 Å². The molecule has 0 aromatic rings. The number of hydrogen-bond acceptors (Lipinski definition) is 0. The summed E-state index contributed by atoms with van der Waals surface area (Å²) in [5, 5.41) is 0. The van der Waals surface area contributed by atoms with Gasteiger partial charge in [0.2, 0.25) is 0 Å². The fourth-order valence-electron chi connectivity index (χ4n) is 0. The predicted octanol–water partition coefficient (Wildman–Crippen LogP) is -3.40. The van der Waals surface area contributed by atoms with Crippen molar-refractivity contribution in [3.8, 4) is 0 Å². The Kier molecular flexibility index (Phi) is 71.1. The van der Waals surface area contributed by atoms with Gasteiger partial charge in [-0.25, -0.2) is 0 Å². The molecule has 0 N–H and O–H groups in total. The zero-order valence-corrected chi connectivity index (χ0v) is 12.2. The van der Waals surface area contributed by atoms with Crippen LogP contribution in [0.2, 0.25) is 0 Å². The molecular formula is H7LiPbSiTe. The Labute approximate surface area is 74.2 Å². The van der Waals surface area contributed by atoms with Crippen LogP contribution in [0.25, 0.3) is 0 Å². The van der Waals surface area contributed by atoms with E-state index in [9.17, 15) is 0 Å². The molecule has 4 heavy (non-hydrogen) atoms. The molecule has 0 saturated carbocycles. The fourth-order valence-corrected chi connectivity index (χ4v) is 0. The molecule has 0 unspecified atom stereocenters. The maximum atomic E-state index is 1.89. The molecule has 0 amide bonds. The van der Waals surface area contributed by atoms with E-state index in [1.807, 2.05) is 21.5 Å². The van der Waals surface area contributed by atoms with Crippen LogP contribution in [0.1, 0.15) is 0 Å². The van der Waals surface area contributed by atoms with Crippen LogP contribution in [0, 0.1) is 0 Å². The molecule has 0 aromatic carbocycles. The monoisotopic (exact) mass is 380 g/mol. The van der Waals surface area contributed by atoms with Gasteiger partial charge in [-0.1, -0.05) is 0 Å². The van der Waals surface area contributed by atoms with Gasteiger partial charge in [0.05, 0.1) is 0 Å². The van der Waals surface area contributed by atoms with Gasteiger partial charge in [0.1, 0.15) is 0 Å². The van der Waals surface area contributed by atoms with Gasteiger partial charge in [-0.05, 0) is 0 Å². The van der Waals surface area contributed by atoms with E-state index in [0.29, 0.717) is 0 Å². The molecule has 0 heterocycles. The quantitative estimate of drug-likeness (QED) is 0.387. The third-order valence-corrected chi connectivity index (χ3v) is 0. The van der Waals surface area contributed by atoms with Crippen molar-refractivity contribution in [2.45, 2.75) is 0 Å². The molecule has 0 bridgehead atoms. The van der Waals surface area contributed by atoms with Crippen molar-refractivity contribution in [2.75, 3.05) is 0 Å². The molecule has 0 aliphatic rings. The van der Waals surface area contributed by atoms with Gasteiger partial charge in [0.15, 0.2) is 0 Å². The molecule has 2 radical (unpaired) electrons. The summed E-state index contributed by atoms with van der Waals surface area (Å²) in [5.74, 6) is 0. The molecule has 0 aromatic heterocycles. The van der Waals surface area contributed by atoms with Crippen LogP contribution in [-0.2, 0) is 0 Å². The van der Waals surface area contributed by atoms with Crippen LogP contribution in [0.3, 0.4) is 0 Å². The maximum absolute atomic E-state index is 1.89. The molecule has 4 heteroatoms.